The third-order valence-corrected chi connectivity index (χ3v) is 10.9. The summed E-state index contributed by atoms with van der Waals surface area (Å²) in [6.45, 7) is 9.24. The Morgan fingerprint density at radius 2 is 1.67 bits per heavy atom. The molecule has 4 aromatic rings. The molecule has 1 fully saturated rings. The van der Waals surface area contributed by atoms with Crippen molar-refractivity contribution in [1.29, 1.82) is 5.26 Å². The second-order valence-electron chi connectivity index (χ2n) is 12.1. The number of nitriles is 1. The van der Waals surface area contributed by atoms with E-state index in [1.165, 1.54) is 23.7 Å². The van der Waals surface area contributed by atoms with Crippen molar-refractivity contribution >= 4 is 21.4 Å². The van der Waals surface area contributed by atoms with Crippen LogP contribution in [0.5, 0.6) is 17.2 Å². The van der Waals surface area contributed by atoms with E-state index >= 15 is 0 Å². The topological polar surface area (TPSA) is 121 Å². The highest BCUT2D eigenvalue weighted by atomic mass is 32.2. The molecule has 6 rings (SSSR count). The Bertz CT molecular complexity index is 1940. The van der Waals surface area contributed by atoms with Crippen LogP contribution < -0.4 is 23.4 Å². The SMILES string of the molecule is CCOc1cc(OC)ccc1C1(N2CCN(c3ccnc(C(C)C)c3)CC2)CN(S(=O)(=O)c2ccc(OC)cn2)c2ccc(C#N)cc21. The van der Waals surface area contributed by atoms with E-state index in [4.69, 9.17) is 14.2 Å². The summed E-state index contributed by atoms with van der Waals surface area (Å²) < 4.78 is 47.4. The van der Waals surface area contributed by atoms with E-state index in [1.807, 2.05) is 43.5 Å². The predicted molar refractivity (Wildman–Crippen MR) is 184 cm³/mol. The van der Waals surface area contributed by atoms with Crippen LogP contribution in [0.4, 0.5) is 11.4 Å². The van der Waals surface area contributed by atoms with Crippen molar-refractivity contribution in [2.75, 3.05) is 62.8 Å². The number of rotatable bonds is 10. The number of pyridine rings is 2. The maximum atomic E-state index is 14.5. The fourth-order valence-corrected chi connectivity index (χ4v) is 8.14. The lowest BCUT2D eigenvalue weighted by atomic mass is 9.81. The average Bonchev–Trinajstić information content (AvgIpc) is 3.48. The molecular formula is C36H40N6O5S. The first kappa shape index (κ1) is 33.1. The first-order valence-electron chi connectivity index (χ1n) is 16.0. The number of ether oxygens (including phenoxy) is 3. The number of piperazine rings is 1. The lowest BCUT2D eigenvalue weighted by Crippen LogP contribution is -2.58. The molecule has 0 bridgehead atoms. The summed E-state index contributed by atoms with van der Waals surface area (Å²) in [5.74, 6) is 1.97. The third kappa shape index (κ3) is 5.77. The van der Waals surface area contributed by atoms with E-state index in [9.17, 15) is 13.7 Å². The molecule has 250 valence electrons. The van der Waals surface area contributed by atoms with Crippen LogP contribution in [-0.4, -0.2) is 76.8 Å². The molecule has 0 N–H and O–H groups in total. The quantitative estimate of drug-likeness (QED) is 0.224. The average molecular weight is 669 g/mol. The second kappa shape index (κ2) is 13.3. The summed E-state index contributed by atoms with van der Waals surface area (Å²) in [6.07, 6.45) is 3.26. The first-order chi connectivity index (χ1) is 23.2. The molecule has 1 saturated heterocycles. The van der Waals surface area contributed by atoms with Gasteiger partial charge in [-0.2, -0.15) is 13.7 Å². The maximum Gasteiger partial charge on any atom is 0.281 e. The molecule has 0 saturated carbocycles. The number of aromatic nitrogens is 2. The molecule has 12 heteroatoms. The molecule has 0 spiro atoms. The molecule has 48 heavy (non-hydrogen) atoms. The Morgan fingerprint density at radius 1 is 0.917 bits per heavy atom. The van der Waals surface area contributed by atoms with Gasteiger partial charge in [-0.15, -0.1) is 0 Å². The van der Waals surface area contributed by atoms with Crippen molar-refractivity contribution < 1.29 is 22.6 Å². The van der Waals surface area contributed by atoms with Crippen LogP contribution in [0.1, 0.15) is 49.1 Å². The Labute approximate surface area is 282 Å². The molecule has 0 aliphatic carbocycles. The van der Waals surface area contributed by atoms with Gasteiger partial charge in [0.25, 0.3) is 10.0 Å². The van der Waals surface area contributed by atoms with Crippen LogP contribution in [0.15, 0.2) is 78.1 Å². The van der Waals surface area contributed by atoms with E-state index in [2.05, 4.69) is 45.8 Å². The number of fused-ring (bicyclic) bond motifs is 1. The molecular weight excluding hydrogens is 628 g/mol. The van der Waals surface area contributed by atoms with Gasteiger partial charge >= 0.3 is 0 Å². The van der Waals surface area contributed by atoms with Gasteiger partial charge in [0.2, 0.25) is 0 Å². The smallest absolute Gasteiger partial charge is 0.281 e. The van der Waals surface area contributed by atoms with Gasteiger partial charge in [-0.25, -0.2) is 4.98 Å². The van der Waals surface area contributed by atoms with Gasteiger partial charge in [0.1, 0.15) is 17.2 Å². The zero-order valence-electron chi connectivity index (χ0n) is 27.9. The van der Waals surface area contributed by atoms with Crippen LogP contribution in [0.2, 0.25) is 0 Å². The van der Waals surface area contributed by atoms with Gasteiger partial charge in [-0.3, -0.25) is 14.2 Å². The van der Waals surface area contributed by atoms with E-state index in [0.29, 0.717) is 72.8 Å². The Morgan fingerprint density at radius 3 is 2.31 bits per heavy atom. The monoisotopic (exact) mass is 668 g/mol. The summed E-state index contributed by atoms with van der Waals surface area (Å²) in [6, 6.07) is 20.4. The van der Waals surface area contributed by atoms with E-state index in [0.717, 1.165) is 16.9 Å². The zero-order chi connectivity index (χ0) is 34.1. The molecule has 0 amide bonds. The molecule has 11 nitrogen and oxygen atoms in total. The van der Waals surface area contributed by atoms with Crippen molar-refractivity contribution in [2.24, 2.45) is 0 Å². The fourth-order valence-electron chi connectivity index (χ4n) is 6.71. The Hall–Kier alpha value is -4.86. The van der Waals surface area contributed by atoms with E-state index in [1.54, 1.807) is 25.3 Å². The number of benzene rings is 2. The van der Waals surface area contributed by atoms with Gasteiger partial charge in [0.05, 0.1) is 56.4 Å². The highest BCUT2D eigenvalue weighted by Gasteiger charge is 2.54. The summed E-state index contributed by atoms with van der Waals surface area (Å²) in [4.78, 5) is 13.5. The van der Waals surface area contributed by atoms with Crippen molar-refractivity contribution in [3.05, 3.63) is 95.4 Å². The molecule has 2 aliphatic heterocycles. The minimum Gasteiger partial charge on any atom is -0.497 e. The normalized spacial score (nSPS) is 18.0. The Kier molecular flexibility index (Phi) is 9.18. The van der Waals surface area contributed by atoms with Gasteiger partial charge in [0.15, 0.2) is 5.03 Å². The molecule has 1 unspecified atom stereocenters. The van der Waals surface area contributed by atoms with Crippen molar-refractivity contribution in [3.8, 4) is 23.3 Å². The highest BCUT2D eigenvalue weighted by Crippen LogP contribution is 2.52. The van der Waals surface area contributed by atoms with Crippen molar-refractivity contribution in [3.63, 3.8) is 0 Å². The largest absolute Gasteiger partial charge is 0.497 e. The lowest BCUT2D eigenvalue weighted by molar-refractivity contribution is 0.124. The molecule has 2 aromatic heterocycles. The fraction of sp³-hybridized carbons (Fsp3) is 0.361. The summed E-state index contributed by atoms with van der Waals surface area (Å²) >= 11 is 0. The van der Waals surface area contributed by atoms with Crippen molar-refractivity contribution in [1.82, 2.24) is 14.9 Å². The van der Waals surface area contributed by atoms with Gasteiger partial charge in [0, 0.05) is 61.0 Å². The van der Waals surface area contributed by atoms with Crippen molar-refractivity contribution in [2.45, 2.75) is 37.3 Å². The number of sulfonamides is 1. The number of nitrogens with zero attached hydrogens (tertiary/aromatic N) is 6. The number of anilines is 2. The summed E-state index contributed by atoms with van der Waals surface area (Å²) in [7, 11) is -1.04. The molecule has 1 atom stereocenters. The minimum absolute atomic E-state index is 0.0480. The summed E-state index contributed by atoms with van der Waals surface area (Å²) in [5, 5.41) is 9.93. The zero-order valence-corrected chi connectivity index (χ0v) is 28.7. The minimum atomic E-state index is -4.14. The van der Waals surface area contributed by atoms with Crippen LogP contribution in [0.3, 0.4) is 0 Å². The van der Waals surface area contributed by atoms with Crippen LogP contribution in [-0.2, 0) is 15.6 Å². The number of methoxy groups -OCH3 is 2. The van der Waals surface area contributed by atoms with E-state index < -0.39 is 15.6 Å². The molecule has 2 aromatic carbocycles. The number of hydrogen-bond acceptors (Lipinski definition) is 10. The standard InChI is InChI=1S/C36H40N6O5S/c1-6-47-34-21-28(45-4)8-10-30(34)36(41-17-15-40(16-18-41)27-13-14-38-32(20-27)25(2)3)24-42(33-11-7-26(22-37)19-31(33)36)48(43,44)35-12-9-29(46-5)23-39-35/h7-14,19-21,23,25H,6,15-18,24H2,1-5H3. The van der Waals surface area contributed by atoms with Crippen LogP contribution in [0, 0.1) is 11.3 Å². The van der Waals surface area contributed by atoms with Gasteiger partial charge in [-0.1, -0.05) is 13.8 Å². The number of hydrogen-bond donors (Lipinski definition) is 0. The Balaban J connectivity index is 1.51. The maximum absolute atomic E-state index is 14.5. The third-order valence-electron chi connectivity index (χ3n) is 9.19. The van der Waals surface area contributed by atoms with E-state index in [-0.39, 0.29) is 11.6 Å². The van der Waals surface area contributed by atoms with Gasteiger partial charge < -0.3 is 19.1 Å². The highest BCUT2D eigenvalue weighted by molar-refractivity contribution is 7.92. The predicted octanol–water partition coefficient (Wildman–Crippen LogP) is 5.16. The van der Waals surface area contributed by atoms with Gasteiger partial charge in [-0.05, 0) is 67.4 Å². The summed E-state index contributed by atoms with van der Waals surface area (Å²) in [5.41, 5.74) is 3.56. The lowest BCUT2D eigenvalue weighted by Gasteiger charge is -2.47. The second-order valence-corrected chi connectivity index (χ2v) is 13.9. The molecule has 4 heterocycles. The molecule has 0 radical (unpaired) electrons. The molecule has 2 aliphatic rings. The van der Waals surface area contributed by atoms with Crippen LogP contribution >= 0.6 is 0 Å². The first-order valence-corrected chi connectivity index (χ1v) is 17.4. The van der Waals surface area contributed by atoms with Crippen LogP contribution in [0.25, 0.3) is 0 Å².